The number of phenols is 2. The van der Waals surface area contributed by atoms with E-state index in [0.29, 0.717) is 27.9 Å². The van der Waals surface area contributed by atoms with Crippen LogP contribution in [-0.4, -0.2) is 124 Å². The molecule has 478 valence electrons. The van der Waals surface area contributed by atoms with Gasteiger partial charge in [-0.25, -0.2) is 19.5 Å². The zero-order valence-corrected chi connectivity index (χ0v) is 49.9. The van der Waals surface area contributed by atoms with Crippen molar-refractivity contribution in [1.82, 2.24) is 9.78 Å². The summed E-state index contributed by atoms with van der Waals surface area (Å²) in [5, 5.41) is 95.0. The highest BCUT2D eigenvalue weighted by molar-refractivity contribution is 7.94. The third kappa shape index (κ3) is 14.9. The van der Waals surface area contributed by atoms with Crippen LogP contribution in [0, 0.1) is 24.0 Å². The Morgan fingerprint density at radius 3 is 1.78 bits per heavy atom. The summed E-state index contributed by atoms with van der Waals surface area (Å²) in [4.78, 5) is 41.9. The number of aryl methyl sites for hydroxylation is 2. The molecule has 91 heavy (non-hydrogen) atoms. The lowest BCUT2D eigenvalue weighted by molar-refractivity contribution is -0.432. The Kier molecular flexibility index (Phi) is 19.4. The summed E-state index contributed by atoms with van der Waals surface area (Å²) in [5.41, 5.74) is -1.17. The van der Waals surface area contributed by atoms with Gasteiger partial charge in [-0.15, -0.1) is 29.9 Å². The topological polar surface area (TPSA) is 631 Å². The molecule has 0 aliphatic carbocycles. The van der Waals surface area contributed by atoms with Crippen molar-refractivity contribution in [3.63, 3.8) is 0 Å². The summed E-state index contributed by atoms with van der Waals surface area (Å²) in [5.74, 6) is -5.12. The molecular weight excluding hydrogens is 1340 g/mol. The standard InChI is InChI=1S/C27H20N8O16S4.C19H16N4O11S2/c1-29-33-25-21(55(47,48)49)7-11-6-12(2-4-14(11)26(25)36)30-32-17-10-19(53(41,42)43)15-9-18(52-51-50-40)24(27(37)22(15)23(17)28)34-31-16-5-3-13(35(38)39)8-20(16)54(44,45)46;1-8-5-12(14(6-9(8)2)36(32,33)34)20-21-15-16(19(27)28)22-23(17(15)24)13-4-3-10(35(29,30)31)7-11(13)18(25)26/h2-10,36-37,40H,28H2,1H3,(H,41,42,43)(H,44,45,46)(H,47,48,49);3-7,22H,1-2H3,(H,25,26)(H,27,28)(H,29,30,31)(H,32,33,34). The minimum absolute atomic E-state index is 0.00123. The number of nitro groups is 1. The van der Waals surface area contributed by atoms with E-state index in [1.165, 1.54) is 31.3 Å². The third-order valence-corrected chi connectivity index (χ3v) is 17.1. The number of nitrogens with one attached hydrogen (secondary N) is 1. The largest absolute Gasteiger partial charge is 0.505 e. The summed E-state index contributed by atoms with van der Waals surface area (Å²) >= 11 is 0.0876. The molecule has 0 aliphatic heterocycles. The van der Waals surface area contributed by atoms with Crippen LogP contribution in [0.1, 0.15) is 32.0 Å². The molecule has 0 bridgehead atoms. The number of aromatic hydroxyl groups is 2. The van der Waals surface area contributed by atoms with Gasteiger partial charge in [-0.05, 0) is 103 Å². The van der Waals surface area contributed by atoms with E-state index in [0.717, 1.165) is 48.5 Å². The number of nitrogens with two attached hydrogens (primary N) is 1. The number of nitrogens with zero attached hydrogens (tertiary/aromatic N) is 10. The summed E-state index contributed by atoms with van der Waals surface area (Å²) in [7, 11) is -23.7. The molecule has 45 heteroatoms. The van der Waals surface area contributed by atoms with Crippen molar-refractivity contribution < 1.29 is 114 Å². The van der Waals surface area contributed by atoms with Crippen molar-refractivity contribution in [2.24, 2.45) is 40.9 Å². The van der Waals surface area contributed by atoms with Crippen molar-refractivity contribution >= 4 is 147 Å². The normalized spacial score (nSPS) is 12.6. The van der Waals surface area contributed by atoms with Gasteiger partial charge in [-0.3, -0.25) is 42.8 Å². The van der Waals surface area contributed by atoms with Crippen LogP contribution in [0.3, 0.4) is 0 Å². The first kappa shape index (κ1) is 68.5. The second-order valence-corrected chi connectivity index (χ2v) is 25.6. The fourth-order valence-electron chi connectivity index (χ4n) is 7.98. The summed E-state index contributed by atoms with van der Waals surface area (Å²) in [6.07, 6.45) is 0. The minimum Gasteiger partial charge on any atom is -0.505 e. The van der Waals surface area contributed by atoms with Crippen molar-refractivity contribution in [2.45, 2.75) is 43.2 Å². The number of aromatic carboxylic acids is 2. The maximum Gasteiger partial charge on any atom is 0.356 e. The number of aromatic nitrogens is 2. The molecule has 0 atom stereocenters. The highest BCUT2D eigenvalue weighted by atomic mass is 32.2. The lowest BCUT2D eigenvalue weighted by Crippen LogP contribution is -2.18. The number of phenolic OH excluding ortho intramolecular Hbond substituents is 2. The first-order valence-electron chi connectivity index (χ1n) is 23.5. The van der Waals surface area contributed by atoms with Gasteiger partial charge < -0.3 is 26.2 Å². The van der Waals surface area contributed by atoms with E-state index in [9.17, 15) is 105 Å². The van der Waals surface area contributed by atoms with Crippen LogP contribution < -0.4 is 11.3 Å². The molecule has 0 radical (unpaired) electrons. The van der Waals surface area contributed by atoms with Gasteiger partial charge in [-0.2, -0.15) is 57.4 Å². The highest BCUT2D eigenvalue weighted by Gasteiger charge is 2.29. The molecule has 0 aliphatic rings. The Balaban J connectivity index is 0.000000282. The van der Waals surface area contributed by atoms with Gasteiger partial charge >= 0.3 is 11.9 Å². The molecule has 7 aromatic carbocycles. The van der Waals surface area contributed by atoms with Crippen molar-refractivity contribution in [3.8, 4) is 17.2 Å². The summed E-state index contributed by atoms with van der Waals surface area (Å²) in [6.45, 7) is 3.16. The Hall–Kier alpha value is -10.0. The molecule has 13 N–H and O–H groups in total. The molecule has 0 unspecified atom stereocenters. The number of aromatic amines is 1. The number of nitrogen functional groups attached to an aromatic ring is 1. The van der Waals surface area contributed by atoms with E-state index in [1.54, 1.807) is 13.8 Å². The van der Waals surface area contributed by atoms with E-state index < -0.39 is 187 Å². The number of hydrogen-bond donors (Lipinski definition) is 12. The number of benzene rings is 7. The number of azo groups is 4. The van der Waals surface area contributed by atoms with Gasteiger partial charge in [0.25, 0.3) is 61.8 Å². The van der Waals surface area contributed by atoms with Crippen molar-refractivity contribution in [3.05, 3.63) is 128 Å². The average Bonchev–Trinajstić information content (AvgIpc) is 0.836. The Morgan fingerprint density at radius 2 is 1.21 bits per heavy atom. The summed E-state index contributed by atoms with van der Waals surface area (Å²) in [6, 6.07) is 12.9. The number of carboxylic acid groups (broad SMARTS) is 2. The van der Waals surface area contributed by atoms with Crippen LogP contribution >= 0.6 is 12.0 Å². The number of carbonyl (C=O) groups is 2. The minimum atomic E-state index is -5.20. The number of nitro benzene ring substituents is 1. The molecular formula is C46H36N12O27S6. The molecule has 0 saturated carbocycles. The zero-order valence-electron chi connectivity index (χ0n) is 45.0. The smallest absolute Gasteiger partial charge is 0.356 e. The predicted molar refractivity (Wildman–Crippen MR) is 308 cm³/mol. The number of hydrogen-bond acceptors (Lipinski definition) is 30. The Bertz CT molecular complexity index is 5230. The number of rotatable bonds is 19. The molecule has 0 fully saturated rings. The predicted octanol–water partition coefficient (Wildman–Crippen LogP) is 8.69. The van der Waals surface area contributed by atoms with E-state index in [2.05, 4.69) is 55.4 Å². The molecule has 8 aromatic rings. The van der Waals surface area contributed by atoms with Crippen LogP contribution in [0.15, 0.2) is 160 Å². The fourth-order valence-corrected chi connectivity index (χ4v) is 11.7. The van der Waals surface area contributed by atoms with Crippen LogP contribution in [0.25, 0.3) is 27.2 Å². The van der Waals surface area contributed by atoms with Crippen LogP contribution in [0.4, 0.5) is 51.2 Å². The van der Waals surface area contributed by atoms with Crippen LogP contribution in [-0.2, 0) is 60.0 Å². The van der Waals surface area contributed by atoms with Crippen LogP contribution in [0.2, 0.25) is 0 Å². The van der Waals surface area contributed by atoms with Crippen LogP contribution in [0.5, 0.6) is 11.5 Å². The SMILES string of the molecule is CN=Nc1c(S(=O)(=O)O)cc2cc(N=Nc3cc(S(=O)(=O)O)c4cc(SOOO)c(N=Nc5ccc([N+](=O)[O-])cc5S(=O)(=O)O)c(O)c4c3N)ccc2c1O.Cc1cc(N=Nc2c(C(=O)O)[nH]n(-c3ccc(S(=O)(=O)O)cc3C(=O)O)c2=O)c(S(=O)(=O)O)cc1C. The van der Waals surface area contributed by atoms with Gasteiger partial charge in [0.05, 0.1) is 54.8 Å². The molecule has 1 heterocycles. The number of H-pyrrole nitrogens is 1. The van der Waals surface area contributed by atoms with Gasteiger partial charge in [0.15, 0.2) is 22.9 Å². The first-order chi connectivity index (χ1) is 42.2. The maximum atomic E-state index is 13.0. The Labute approximate surface area is 510 Å². The molecule has 1 aromatic heterocycles. The van der Waals surface area contributed by atoms with E-state index in [4.69, 9.17) is 15.5 Å². The zero-order chi connectivity index (χ0) is 67.8. The molecule has 8 rings (SSSR count). The van der Waals surface area contributed by atoms with Gasteiger partial charge in [0, 0.05) is 30.0 Å². The monoisotopic (exact) mass is 1380 g/mol. The fraction of sp³-hybridized carbons (Fsp3) is 0.0652. The number of fused-ring (bicyclic) bond motifs is 2. The van der Waals surface area contributed by atoms with E-state index in [1.807, 2.05) is 0 Å². The van der Waals surface area contributed by atoms with E-state index >= 15 is 0 Å². The van der Waals surface area contributed by atoms with Crippen molar-refractivity contribution in [2.75, 3.05) is 12.8 Å². The number of anilines is 1. The quantitative estimate of drug-likeness (QED) is 0.00684. The summed E-state index contributed by atoms with van der Waals surface area (Å²) < 4.78 is 172. The maximum absolute atomic E-state index is 13.0. The number of carboxylic acids is 2. The first-order valence-corrected chi connectivity index (χ1v) is 31.5. The lowest BCUT2D eigenvalue weighted by atomic mass is 10.0. The molecule has 0 spiro atoms. The lowest BCUT2D eigenvalue weighted by Gasteiger charge is -2.14. The van der Waals surface area contributed by atoms with Gasteiger partial charge in [0.1, 0.15) is 48.0 Å². The van der Waals surface area contributed by atoms with Gasteiger partial charge in [-0.1, -0.05) is 5.04 Å². The van der Waals surface area contributed by atoms with E-state index in [-0.39, 0.29) is 28.5 Å². The Morgan fingerprint density at radius 1 is 0.615 bits per heavy atom. The number of non-ortho nitro benzene ring substituents is 1. The highest BCUT2D eigenvalue weighted by Crippen LogP contribution is 2.50. The average molecular weight is 1380 g/mol. The van der Waals surface area contributed by atoms with Crippen molar-refractivity contribution in [1.29, 1.82) is 0 Å². The third-order valence-electron chi connectivity index (χ3n) is 12.2. The molecule has 0 amide bonds. The second kappa shape index (κ2) is 25.8. The second-order valence-electron chi connectivity index (χ2n) is 17.9. The molecule has 39 nitrogen and oxygen atoms in total. The van der Waals surface area contributed by atoms with Gasteiger partial charge in [0.2, 0.25) is 0 Å². The molecule has 0 saturated heterocycles.